The van der Waals surface area contributed by atoms with Crippen LogP contribution in [0.15, 0.2) is 91.0 Å². The number of hydrogen-bond donors (Lipinski definition) is 1. The molecule has 0 aliphatic carbocycles. The Bertz CT molecular complexity index is 871. The van der Waals surface area contributed by atoms with Crippen molar-refractivity contribution in [2.75, 3.05) is 6.54 Å². The van der Waals surface area contributed by atoms with E-state index in [9.17, 15) is 9.90 Å². The van der Waals surface area contributed by atoms with Gasteiger partial charge in [0.05, 0.1) is 17.5 Å². The Kier molecular flexibility index (Phi) is 4.54. The van der Waals surface area contributed by atoms with Gasteiger partial charge in [-0.25, -0.2) is 0 Å². The van der Waals surface area contributed by atoms with Crippen LogP contribution in [0.3, 0.4) is 0 Å². The van der Waals surface area contributed by atoms with Gasteiger partial charge < -0.3 is 5.11 Å². The molecule has 3 atom stereocenters. The maximum atomic E-state index is 12.0. The molecule has 1 aliphatic heterocycles. The first-order valence-electron chi connectivity index (χ1n) is 9.29. The van der Waals surface area contributed by atoms with Crippen LogP contribution in [-0.2, 0) is 10.3 Å². The fourth-order valence-corrected chi connectivity index (χ4v) is 4.19. The highest BCUT2D eigenvalue weighted by Crippen LogP contribution is 2.55. The molecule has 1 aliphatic rings. The molecule has 0 radical (unpaired) electrons. The minimum Gasteiger partial charge on any atom is -0.481 e. The number of aliphatic carboxylic acids is 1. The van der Waals surface area contributed by atoms with Gasteiger partial charge in [0.1, 0.15) is 0 Å². The molecule has 1 N–H and O–H groups in total. The van der Waals surface area contributed by atoms with Crippen molar-refractivity contribution >= 4 is 5.97 Å². The van der Waals surface area contributed by atoms with Gasteiger partial charge in [0.2, 0.25) is 0 Å². The Morgan fingerprint density at radius 1 is 0.852 bits per heavy atom. The highest BCUT2D eigenvalue weighted by Gasteiger charge is 2.61. The zero-order valence-electron chi connectivity index (χ0n) is 15.3. The summed E-state index contributed by atoms with van der Waals surface area (Å²) < 4.78 is 0. The van der Waals surface area contributed by atoms with E-state index < -0.39 is 17.4 Å². The summed E-state index contributed by atoms with van der Waals surface area (Å²) in [4.78, 5) is 14.3. The fourth-order valence-electron chi connectivity index (χ4n) is 4.19. The smallest absolute Gasteiger partial charge is 0.308 e. The van der Waals surface area contributed by atoms with Crippen LogP contribution >= 0.6 is 0 Å². The topological polar surface area (TPSA) is 40.3 Å². The van der Waals surface area contributed by atoms with Crippen molar-refractivity contribution in [3.63, 3.8) is 0 Å². The number of benzene rings is 3. The Labute approximate surface area is 159 Å². The normalized spacial score (nSPS) is 22.4. The molecule has 0 aromatic heterocycles. The molecule has 3 nitrogen and oxygen atoms in total. The van der Waals surface area contributed by atoms with E-state index in [2.05, 4.69) is 29.2 Å². The summed E-state index contributed by atoms with van der Waals surface area (Å²) in [6.45, 7) is 2.54. The molecule has 136 valence electrons. The maximum Gasteiger partial charge on any atom is 0.308 e. The third-order valence-electron chi connectivity index (χ3n) is 5.72. The van der Waals surface area contributed by atoms with Gasteiger partial charge in [-0.15, -0.1) is 0 Å². The maximum absolute atomic E-state index is 12.0. The molecule has 1 saturated heterocycles. The zero-order valence-corrected chi connectivity index (χ0v) is 15.3. The van der Waals surface area contributed by atoms with Crippen molar-refractivity contribution in [1.82, 2.24) is 4.90 Å². The number of carbonyl (C=O) groups is 1. The van der Waals surface area contributed by atoms with Gasteiger partial charge in [-0.1, -0.05) is 91.0 Å². The van der Waals surface area contributed by atoms with E-state index in [4.69, 9.17) is 0 Å². The SMILES string of the molecule is CC(C(=O)O)[C@@]1(c2ccccc2)CN1C(c1ccccc1)c1ccccc1. The number of rotatable bonds is 6. The van der Waals surface area contributed by atoms with E-state index in [1.165, 1.54) is 11.1 Å². The second kappa shape index (κ2) is 7.01. The first kappa shape index (κ1) is 17.5. The highest BCUT2D eigenvalue weighted by atomic mass is 16.4. The quantitative estimate of drug-likeness (QED) is 0.650. The summed E-state index contributed by atoms with van der Waals surface area (Å²) in [5.41, 5.74) is 2.93. The summed E-state index contributed by atoms with van der Waals surface area (Å²) in [7, 11) is 0. The van der Waals surface area contributed by atoms with Crippen molar-refractivity contribution in [1.29, 1.82) is 0 Å². The molecule has 0 amide bonds. The fraction of sp³-hybridized carbons (Fsp3) is 0.208. The lowest BCUT2D eigenvalue weighted by Gasteiger charge is -2.28. The van der Waals surface area contributed by atoms with Gasteiger partial charge in [0.25, 0.3) is 0 Å². The third-order valence-corrected chi connectivity index (χ3v) is 5.72. The van der Waals surface area contributed by atoms with Crippen LogP contribution in [-0.4, -0.2) is 22.5 Å². The predicted molar refractivity (Wildman–Crippen MR) is 106 cm³/mol. The van der Waals surface area contributed by atoms with Crippen molar-refractivity contribution in [2.45, 2.75) is 18.5 Å². The summed E-state index contributed by atoms with van der Waals surface area (Å²) in [5, 5.41) is 9.83. The van der Waals surface area contributed by atoms with E-state index in [0.717, 1.165) is 12.1 Å². The first-order chi connectivity index (χ1) is 13.1. The number of carboxylic acid groups (broad SMARTS) is 1. The number of hydrogen-bond acceptors (Lipinski definition) is 2. The van der Waals surface area contributed by atoms with Gasteiger partial charge >= 0.3 is 5.97 Å². The van der Waals surface area contributed by atoms with Crippen LogP contribution < -0.4 is 0 Å². The second-order valence-electron chi connectivity index (χ2n) is 7.20. The van der Waals surface area contributed by atoms with E-state index in [-0.39, 0.29) is 6.04 Å². The highest BCUT2D eigenvalue weighted by molar-refractivity contribution is 5.73. The first-order valence-corrected chi connectivity index (χ1v) is 9.29. The molecule has 1 fully saturated rings. The zero-order chi connectivity index (χ0) is 18.9. The van der Waals surface area contributed by atoms with Gasteiger partial charge in [-0.05, 0) is 23.6 Å². The molecule has 3 heteroatoms. The average Bonchev–Trinajstić information content (AvgIpc) is 3.46. The summed E-state index contributed by atoms with van der Waals surface area (Å²) >= 11 is 0. The van der Waals surface area contributed by atoms with Gasteiger partial charge in [-0.3, -0.25) is 9.69 Å². The Balaban J connectivity index is 1.82. The lowest BCUT2D eigenvalue weighted by molar-refractivity contribution is -0.143. The van der Waals surface area contributed by atoms with Gasteiger partial charge in [0.15, 0.2) is 0 Å². The molecule has 1 heterocycles. The van der Waals surface area contributed by atoms with E-state index >= 15 is 0 Å². The van der Waals surface area contributed by atoms with E-state index in [1.54, 1.807) is 0 Å². The molecular formula is C24H23NO2. The van der Waals surface area contributed by atoms with Crippen LogP contribution in [0.4, 0.5) is 0 Å². The Morgan fingerprint density at radius 3 is 1.74 bits per heavy atom. The lowest BCUT2D eigenvalue weighted by atomic mass is 9.85. The largest absolute Gasteiger partial charge is 0.481 e. The van der Waals surface area contributed by atoms with Crippen molar-refractivity contribution in [3.05, 3.63) is 108 Å². The lowest BCUT2D eigenvalue weighted by Crippen LogP contribution is -2.32. The van der Waals surface area contributed by atoms with E-state index in [0.29, 0.717) is 0 Å². The second-order valence-corrected chi connectivity index (χ2v) is 7.20. The third kappa shape index (κ3) is 3.04. The standard InChI is InChI=1S/C24H23NO2/c1-18(23(26)27)24(21-15-9-4-10-16-21)17-25(24)22(19-11-5-2-6-12-19)20-13-7-3-8-14-20/h2-16,18,22H,17H2,1H3,(H,26,27)/t18?,24-,25?/m1/s1. The van der Waals surface area contributed by atoms with Crippen LogP contribution in [0, 0.1) is 5.92 Å². The molecule has 3 aromatic carbocycles. The molecule has 0 bridgehead atoms. The number of carboxylic acids is 1. The summed E-state index contributed by atoms with van der Waals surface area (Å²) in [5.74, 6) is -1.27. The predicted octanol–water partition coefficient (Wildman–Crippen LogP) is 4.71. The monoisotopic (exact) mass is 357 g/mol. The van der Waals surface area contributed by atoms with Gasteiger partial charge in [0, 0.05) is 6.54 Å². The summed E-state index contributed by atoms with van der Waals surface area (Å²) in [6.07, 6.45) is 0. The van der Waals surface area contributed by atoms with Crippen LogP contribution in [0.2, 0.25) is 0 Å². The molecule has 27 heavy (non-hydrogen) atoms. The van der Waals surface area contributed by atoms with Gasteiger partial charge in [-0.2, -0.15) is 0 Å². The minimum atomic E-state index is -0.763. The average molecular weight is 357 g/mol. The Hall–Kier alpha value is -2.91. The van der Waals surface area contributed by atoms with Crippen LogP contribution in [0.5, 0.6) is 0 Å². The molecule has 0 saturated carbocycles. The van der Waals surface area contributed by atoms with Crippen molar-refractivity contribution in [3.8, 4) is 0 Å². The molecule has 4 rings (SSSR count). The van der Waals surface area contributed by atoms with Crippen LogP contribution in [0.1, 0.15) is 29.7 Å². The van der Waals surface area contributed by atoms with Crippen LogP contribution in [0.25, 0.3) is 0 Å². The van der Waals surface area contributed by atoms with Crippen molar-refractivity contribution < 1.29 is 9.90 Å². The minimum absolute atomic E-state index is 0.0226. The van der Waals surface area contributed by atoms with Crippen molar-refractivity contribution in [2.24, 2.45) is 5.92 Å². The molecular weight excluding hydrogens is 334 g/mol. The Morgan fingerprint density at radius 2 is 1.30 bits per heavy atom. The molecule has 0 spiro atoms. The van der Waals surface area contributed by atoms with E-state index in [1.807, 2.05) is 73.7 Å². The summed E-state index contributed by atoms with van der Waals surface area (Å²) in [6, 6.07) is 30.7. The number of nitrogens with zero attached hydrogens (tertiary/aromatic N) is 1. The molecule has 2 unspecified atom stereocenters. The molecule has 3 aromatic rings.